The highest BCUT2D eigenvalue weighted by atomic mass is 16.6. The molecule has 0 aliphatic rings. The van der Waals surface area contributed by atoms with Crippen molar-refractivity contribution >= 4 is 29.1 Å². The smallest absolute Gasteiger partial charge is 0.338 e. The van der Waals surface area contributed by atoms with Crippen molar-refractivity contribution in [1.29, 1.82) is 0 Å². The number of benzene rings is 3. The topological polar surface area (TPSA) is 135 Å². The van der Waals surface area contributed by atoms with Crippen LogP contribution in [-0.4, -0.2) is 41.1 Å². The predicted octanol–water partition coefficient (Wildman–Crippen LogP) is 5.02. The summed E-state index contributed by atoms with van der Waals surface area (Å²) in [5.41, 5.74) is 1.18. The molecule has 0 aromatic heterocycles. The summed E-state index contributed by atoms with van der Waals surface area (Å²) in [6.45, 7) is 4.77. The van der Waals surface area contributed by atoms with Gasteiger partial charge in [-0.15, -0.1) is 5.11 Å². The fourth-order valence-corrected chi connectivity index (χ4v) is 2.82. The third-order valence-corrected chi connectivity index (χ3v) is 4.65. The predicted molar refractivity (Wildman–Crippen MR) is 126 cm³/mol. The van der Waals surface area contributed by atoms with E-state index in [1.54, 1.807) is 30.3 Å². The highest BCUT2D eigenvalue weighted by molar-refractivity contribution is 6.11. The largest absolute Gasteiger partial charge is 0.507 e. The summed E-state index contributed by atoms with van der Waals surface area (Å²) < 4.78 is 9.89. The van der Waals surface area contributed by atoms with Crippen LogP contribution in [0.15, 0.2) is 89.1 Å². The van der Waals surface area contributed by atoms with Crippen molar-refractivity contribution in [1.82, 2.24) is 0 Å². The fourth-order valence-electron chi connectivity index (χ4n) is 2.82. The number of rotatable bonds is 9. The van der Waals surface area contributed by atoms with Crippen LogP contribution in [0, 0.1) is 0 Å². The summed E-state index contributed by atoms with van der Waals surface area (Å²) in [4.78, 5) is 36.1. The molecule has 0 radical (unpaired) electrons. The van der Waals surface area contributed by atoms with Gasteiger partial charge in [-0.1, -0.05) is 36.9 Å². The van der Waals surface area contributed by atoms with E-state index in [-0.39, 0.29) is 47.1 Å². The molecule has 3 aromatic carbocycles. The zero-order chi connectivity index (χ0) is 25.4. The Morgan fingerprint density at radius 2 is 1.49 bits per heavy atom. The molecule has 2 N–H and O–H groups in total. The van der Waals surface area contributed by atoms with Crippen molar-refractivity contribution in [2.45, 2.75) is 6.92 Å². The minimum absolute atomic E-state index is 0.0186. The van der Waals surface area contributed by atoms with Crippen LogP contribution in [-0.2, 0) is 14.3 Å². The zero-order valence-corrected chi connectivity index (χ0v) is 18.8. The first-order chi connectivity index (χ1) is 16.8. The van der Waals surface area contributed by atoms with Gasteiger partial charge in [0.05, 0.1) is 16.8 Å². The molecule has 178 valence electrons. The van der Waals surface area contributed by atoms with E-state index in [9.17, 15) is 24.6 Å². The number of phenols is 2. The monoisotopic (exact) mass is 474 g/mol. The Labute approximate surface area is 201 Å². The first-order valence-corrected chi connectivity index (χ1v) is 10.4. The third kappa shape index (κ3) is 6.61. The van der Waals surface area contributed by atoms with E-state index in [4.69, 9.17) is 9.47 Å². The molecule has 9 nitrogen and oxygen atoms in total. The Bertz CT molecular complexity index is 1280. The molecule has 9 heteroatoms. The standard InChI is InChI=1S/C26H22N2O7/c1-16(2)25(32)34-12-13-35-26(33)18-8-10-19(11-9-18)27-28-21-14-20(22(29)15-23(21)30)24(31)17-6-4-3-5-7-17/h3-11,14-15,29-30H,1,12-13H2,2H3. The van der Waals surface area contributed by atoms with Crippen LogP contribution >= 0.6 is 0 Å². The van der Waals surface area contributed by atoms with Gasteiger partial charge in [0.15, 0.2) is 5.78 Å². The summed E-state index contributed by atoms with van der Waals surface area (Å²) in [5, 5.41) is 28.2. The van der Waals surface area contributed by atoms with Crippen LogP contribution in [0.25, 0.3) is 0 Å². The van der Waals surface area contributed by atoms with Crippen molar-refractivity contribution in [3.8, 4) is 11.5 Å². The number of phenolic OH excluding ortho intramolecular Hbond substituents is 2. The van der Waals surface area contributed by atoms with Crippen LogP contribution < -0.4 is 0 Å². The van der Waals surface area contributed by atoms with Gasteiger partial charge in [-0.25, -0.2) is 9.59 Å². The first kappa shape index (κ1) is 24.8. The quantitative estimate of drug-likeness (QED) is 0.146. The molecule has 3 rings (SSSR count). The highest BCUT2D eigenvalue weighted by Gasteiger charge is 2.17. The molecule has 35 heavy (non-hydrogen) atoms. The number of hydrogen-bond donors (Lipinski definition) is 2. The molecule has 0 amide bonds. The van der Waals surface area contributed by atoms with Gasteiger partial charge < -0.3 is 19.7 Å². The Kier molecular flexibility index (Phi) is 8.07. The molecule has 0 aliphatic carbocycles. The maximum absolute atomic E-state index is 12.7. The lowest BCUT2D eigenvalue weighted by molar-refractivity contribution is -0.140. The van der Waals surface area contributed by atoms with Crippen molar-refractivity contribution in [3.63, 3.8) is 0 Å². The number of aromatic hydroxyl groups is 2. The third-order valence-electron chi connectivity index (χ3n) is 4.65. The van der Waals surface area contributed by atoms with Gasteiger partial charge >= 0.3 is 11.9 Å². The lowest BCUT2D eigenvalue weighted by Crippen LogP contribution is -2.14. The fraction of sp³-hybridized carbons (Fsp3) is 0.115. The van der Waals surface area contributed by atoms with Crippen molar-refractivity contribution in [3.05, 3.63) is 95.6 Å². The highest BCUT2D eigenvalue weighted by Crippen LogP contribution is 2.35. The zero-order valence-electron chi connectivity index (χ0n) is 18.8. The van der Waals surface area contributed by atoms with E-state index in [0.717, 1.165) is 6.07 Å². The van der Waals surface area contributed by atoms with E-state index in [0.29, 0.717) is 11.3 Å². The molecular weight excluding hydrogens is 452 g/mol. The summed E-state index contributed by atoms with van der Waals surface area (Å²) >= 11 is 0. The second-order valence-electron chi connectivity index (χ2n) is 7.35. The van der Waals surface area contributed by atoms with Crippen molar-refractivity contribution < 1.29 is 34.1 Å². The number of carbonyl (C=O) groups is 3. The van der Waals surface area contributed by atoms with Crippen LogP contribution in [0.3, 0.4) is 0 Å². The molecule has 0 saturated carbocycles. The molecule has 0 heterocycles. The normalized spacial score (nSPS) is 10.7. The van der Waals surface area contributed by atoms with Gasteiger partial charge in [0.25, 0.3) is 0 Å². The van der Waals surface area contributed by atoms with Crippen molar-refractivity contribution in [2.24, 2.45) is 10.2 Å². The SMILES string of the molecule is C=C(C)C(=O)OCCOC(=O)c1ccc(N=Nc2cc(C(=O)c3ccccc3)c(O)cc2O)cc1. The summed E-state index contributed by atoms with van der Waals surface area (Å²) in [5.74, 6) is -2.35. The summed E-state index contributed by atoms with van der Waals surface area (Å²) in [7, 11) is 0. The Hall–Kier alpha value is -4.79. The Morgan fingerprint density at radius 1 is 0.829 bits per heavy atom. The second-order valence-corrected chi connectivity index (χ2v) is 7.35. The lowest BCUT2D eigenvalue weighted by atomic mass is 10.0. The Morgan fingerprint density at radius 3 is 2.14 bits per heavy atom. The van der Waals surface area contributed by atoms with Crippen molar-refractivity contribution in [2.75, 3.05) is 13.2 Å². The average Bonchev–Trinajstić information content (AvgIpc) is 2.86. The second kappa shape index (κ2) is 11.4. The molecule has 3 aromatic rings. The number of nitrogens with zero attached hydrogens (tertiary/aromatic N) is 2. The van der Waals surface area contributed by atoms with E-state index >= 15 is 0 Å². The molecule has 0 bridgehead atoms. The minimum atomic E-state index is -0.611. The number of hydrogen-bond acceptors (Lipinski definition) is 9. The van der Waals surface area contributed by atoms with Gasteiger partial charge in [-0.2, -0.15) is 5.11 Å². The van der Waals surface area contributed by atoms with Gasteiger partial charge in [-0.05, 0) is 37.3 Å². The van der Waals surface area contributed by atoms with Crippen LogP contribution in [0.4, 0.5) is 11.4 Å². The number of esters is 2. The first-order valence-electron chi connectivity index (χ1n) is 10.4. The number of ether oxygens (including phenoxy) is 2. The molecular formula is C26H22N2O7. The molecule has 0 aliphatic heterocycles. The van der Waals surface area contributed by atoms with Crippen LogP contribution in [0.1, 0.15) is 33.2 Å². The van der Waals surface area contributed by atoms with Crippen LogP contribution in [0.5, 0.6) is 11.5 Å². The van der Waals surface area contributed by atoms with E-state index in [2.05, 4.69) is 16.8 Å². The summed E-state index contributed by atoms with van der Waals surface area (Å²) in [6.07, 6.45) is 0. The average molecular weight is 474 g/mol. The Balaban J connectivity index is 1.66. The van der Waals surface area contributed by atoms with E-state index in [1.807, 2.05) is 0 Å². The van der Waals surface area contributed by atoms with Gasteiger partial charge in [0, 0.05) is 17.2 Å². The number of ketones is 1. The molecule has 0 unspecified atom stereocenters. The summed E-state index contributed by atoms with van der Waals surface area (Å²) in [6, 6.07) is 16.6. The molecule has 0 saturated heterocycles. The van der Waals surface area contributed by atoms with Gasteiger partial charge in [0.1, 0.15) is 30.4 Å². The van der Waals surface area contributed by atoms with E-state index < -0.39 is 17.7 Å². The lowest BCUT2D eigenvalue weighted by Gasteiger charge is -2.07. The molecule has 0 atom stereocenters. The number of azo groups is 1. The van der Waals surface area contributed by atoms with E-state index in [1.165, 1.54) is 37.3 Å². The maximum Gasteiger partial charge on any atom is 0.338 e. The minimum Gasteiger partial charge on any atom is -0.507 e. The number of carbonyl (C=O) groups excluding carboxylic acids is 3. The molecule has 0 spiro atoms. The maximum atomic E-state index is 12.7. The van der Waals surface area contributed by atoms with Crippen LogP contribution in [0.2, 0.25) is 0 Å². The van der Waals surface area contributed by atoms with Gasteiger partial charge in [-0.3, -0.25) is 4.79 Å². The van der Waals surface area contributed by atoms with Gasteiger partial charge in [0.2, 0.25) is 0 Å². The molecule has 0 fully saturated rings.